The predicted octanol–water partition coefficient (Wildman–Crippen LogP) is 6.31. The number of carbonyl (C=O) groups is 3. The molecular formula is C36H42F4N2O6. The molecule has 3 aromatic carbocycles. The van der Waals surface area contributed by atoms with Gasteiger partial charge in [-0.15, -0.1) is 0 Å². The summed E-state index contributed by atoms with van der Waals surface area (Å²) in [7, 11) is 0. The van der Waals surface area contributed by atoms with Gasteiger partial charge in [-0.2, -0.15) is 8.78 Å². The average Bonchev–Trinajstić information content (AvgIpc) is 3.02. The Labute approximate surface area is 277 Å². The van der Waals surface area contributed by atoms with E-state index in [0.29, 0.717) is 19.4 Å². The molecule has 1 fully saturated rings. The van der Waals surface area contributed by atoms with Gasteiger partial charge in [0, 0.05) is 19.1 Å². The Bertz CT molecular complexity index is 1600. The molecular weight excluding hydrogens is 632 g/mol. The van der Waals surface area contributed by atoms with Crippen LogP contribution in [0.15, 0.2) is 48.5 Å². The highest BCUT2D eigenvalue weighted by Gasteiger charge is 2.40. The summed E-state index contributed by atoms with van der Waals surface area (Å²) >= 11 is 0. The number of ether oxygens (including phenoxy) is 3. The molecule has 48 heavy (non-hydrogen) atoms. The van der Waals surface area contributed by atoms with Crippen LogP contribution in [0.5, 0.6) is 5.75 Å². The first-order valence-corrected chi connectivity index (χ1v) is 16.0. The lowest BCUT2D eigenvalue weighted by molar-refractivity contribution is -0.156. The Morgan fingerprint density at radius 1 is 0.958 bits per heavy atom. The zero-order valence-electron chi connectivity index (χ0n) is 27.8. The van der Waals surface area contributed by atoms with Gasteiger partial charge < -0.3 is 19.5 Å². The van der Waals surface area contributed by atoms with E-state index in [-0.39, 0.29) is 12.0 Å². The largest absolute Gasteiger partial charge is 0.479 e. The number of Topliss-reactive ketones (excluding diaryl/α,β-unsaturated/α-hetero) is 1. The van der Waals surface area contributed by atoms with Crippen LogP contribution in [0.1, 0.15) is 65.9 Å². The zero-order valence-corrected chi connectivity index (χ0v) is 27.8. The van der Waals surface area contributed by atoms with Crippen molar-refractivity contribution in [2.24, 2.45) is 5.92 Å². The number of benzene rings is 3. The molecule has 0 bridgehead atoms. The van der Waals surface area contributed by atoms with Crippen LogP contribution in [0.25, 0.3) is 10.8 Å². The van der Waals surface area contributed by atoms with E-state index in [1.807, 2.05) is 56.3 Å². The fourth-order valence-corrected chi connectivity index (χ4v) is 5.71. The summed E-state index contributed by atoms with van der Waals surface area (Å²) in [5.74, 6) is -11.3. The molecule has 3 atom stereocenters. The zero-order chi connectivity index (χ0) is 35.2. The Morgan fingerprint density at radius 2 is 1.62 bits per heavy atom. The van der Waals surface area contributed by atoms with Crippen LogP contribution in [0, 0.1) is 29.2 Å². The SMILES string of the molecule is CC(C)[C@H](N[C@@]1(Cc2cccc3ccccc23)CCCCO1)C(=O)NC(CC(=O)OC(C)(C)C)C(=O)COc1c(F)c(F)cc(F)c1F. The maximum absolute atomic E-state index is 14.2. The number of carbonyl (C=O) groups excluding carboxylic acids is 3. The molecule has 1 aliphatic heterocycles. The second-order valence-corrected chi connectivity index (χ2v) is 13.4. The summed E-state index contributed by atoms with van der Waals surface area (Å²) in [6.07, 6.45) is 2.09. The van der Waals surface area contributed by atoms with Crippen molar-refractivity contribution in [3.05, 3.63) is 77.4 Å². The van der Waals surface area contributed by atoms with Gasteiger partial charge in [0.25, 0.3) is 0 Å². The molecule has 0 radical (unpaired) electrons. The Hall–Kier alpha value is -4.03. The van der Waals surface area contributed by atoms with Gasteiger partial charge in [-0.05, 0) is 62.3 Å². The van der Waals surface area contributed by atoms with Crippen LogP contribution in [-0.4, -0.2) is 54.3 Å². The van der Waals surface area contributed by atoms with Crippen LogP contribution < -0.4 is 15.4 Å². The lowest BCUT2D eigenvalue weighted by Crippen LogP contribution is -2.62. The van der Waals surface area contributed by atoms with E-state index in [1.165, 1.54) is 0 Å². The molecule has 0 aromatic heterocycles. The second-order valence-electron chi connectivity index (χ2n) is 13.4. The minimum Gasteiger partial charge on any atom is -0.479 e. The molecule has 8 nitrogen and oxygen atoms in total. The summed E-state index contributed by atoms with van der Waals surface area (Å²) in [4.78, 5) is 40.0. The monoisotopic (exact) mass is 674 g/mol. The molecule has 1 saturated heterocycles. The Morgan fingerprint density at radius 3 is 2.25 bits per heavy atom. The third-order valence-corrected chi connectivity index (χ3v) is 8.00. The summed E-state index contributed by atoms with van der Waals surface area (Å²) in [5.41, 5.74) is -0.835. The van der Waals surface area contributed by atoms with E-state index in [4.69, 9.17) is 14.2 Å². The molecule has 2 N–H and O–H groups in total. The molecule has 260 valence electrons. The average molecular weight is 675 g/mol. The van der Waals surface area contributed by atoms with Crippen LogP contribution >= 0.6 is 0 Å². The molecule has 1 heterocycles. The number of hydrogen-bond donors (Lipinski definition) is 2. The minimum absolute atomic E-state index is 0.00695. The summed E-state index contributed by atoms with van der Waals surface area (Å²) in [5, 5.41) is 8.12. The number of ketones is 1. The number of hydrogen-bond acceptors (Lipinski definition) is 7. The summed E-state index contributed by atoms with van der Waals surface area (Å²) in [6, 6.07) is 11.5. The highest BCUT2D eigenvalue weighted by molar-refractivity contribution is 5.94. The number of esters is 1. The fraction of sp³-hybridized carbons (Fsp3) is 0.472. The number of fused-ring (bicyclic) bond motifs is 1. The van der Waals surface area contributed by atoms with E-state index >= 15 is 0 Å². The molecule has 12 heteroatoms. The lowest BCUT2D eigenvalue weighted by Gasteiger charge is -2.42. The van der Waals surface area contributed by atoms with Gasteiger partial charge >= 0.3 is 5.97 Å². The fourth-order valence-electron chi connectivity index (χ4n) is 5.71. The minimum atomic E-state index is -1.83. The van der Waals surface area contributed by atoms with Gasteiger partial charge in [0.2, 0.25) is 17.5 Å². The number of halogens is 4. The normalized spacial score (nSPS) is 18.0. The van der Waals surface area contributed by atoms with Gasteiger partial charge in [-0.1, -0.05) is 56.3 Å². The molecule has 0 aliphatic carbocycles. The van der Waals surface area contributed by atoms with Crippen molar-refractivity contribution in [3.8, 4) is 5.75 Å². The van der Waals surface area contributed by atoms with Crippen molar-refractivity contribution >= 4 is 28.4 Å². The molecule has 1 amide bonds. The summed E-state index contributed by atoms with van der Waals surface area (Å²) < 4.78 is 72.4. The van der Waals surface area contributed by atoms with Crippen molar-refractivity contribution in [1.82, 2.24) is 10.6 Å². The van der Waals surface area contributed by atoms with Crippen LogP contribution in [-0.2, 0) is 30.3 Å². The van der Waals surface area contributed by atoms with E-state index in [9.17, 15) is 31.9 Å². The van der Waals surface area contributed by atoms with E-state index in [0.717, 1.165) is 29.2 Å². The maximum Gasteiger partial charge on any atom is 0.308 e. The first-order valence-electron chi connectivity index (χ1n) is 16.0. The first-order chi connectivity index (χ1) is 22.6. The third kappa shape index (κ3) is 9.31. The highest BCUT2D eigenvalue weighted by atomic mass is 19.2. The lowest BCUT2D eigenvalue weighted by atomic mass is 9.89. The van der Waals surface area contributed by atoms with E-state index in [1.54, 1.807) is 20.8 Å². The summed E-state index contributed by atoms with van der Waals surface area (Å²) in [6.45, 7) is 7.82. The van der Waals surface area contributed by atoms with Crippen molar-refractivity contribution in [2.75, 3.05) is 13.2 Å². The molecule has 1 aliphatic rings. The number of amides is 1. The third-order valence-electron chi connectivity index (χ3n) is 8.00. The smallest absolute Gasteiger partial charge is 0.308 e. The molecule has 3 aromatic rings. The van der Waals surface area contributed by atoms with Crippen molar-refractivity contribution in [2.45, 2.75) is 90.1 Å². The van der Waals surface area contributed by atoms with Crippen LogP contribution in [0.3, 0.4) is 0 Å². The second kappa shape index (κ2) is 15.5. The Balaban J connectivity index is 1.58. The van der Waals surface area contributed by atoms with Gasteiger partial charge in [-0.25, -0.2) is 8.78 Å². The van der Waals surface area contributed by atoms with Gasteiger partial charge in [0.05, 0.1) is 12.5 Å². The molecule has 0 spiro atoms. The van der Waals surface area contributed by atoms with Crippen molar-refractivity contribution in [3.63, 3.8) is 0 Å². The van der Waals surface area contributed by atoms with E-state index in [2.05, 4.69) is 10.6 Å². The first kappa shape index (κ1) is 36.8. The predicted molar refractivity (Wildman–Crippen MR) is 171 cm³/mol. The van der Waals surface area contributed by atoms with Crippen molar-refractivity contribution < 1.29 is 46.2 Å². The quantitative estimate of drug-likeness (QED) is 0.124. The Kier molecular flexibility index (Phi) is 11.9. The highest BCUT2D eigenvalue weighted by Crippen LogP contribution is 2.31. The van der Waals surface area contributed by atoms with Crippen molar-refractivity contribution in [1.29, 1.82) is 0 Å². The van der Waals surface area contributed by atoms with Crippen LogP contribution in [0.2, 0.25) is 0 Å². The van der Waals surface area contributed by atoms with Gasteiger partial charge in [-0.3, -0.25) is 19.7 Å². The molecule has 0 saturated carbocycles. The maximum atomic E-state index is 14.2. The molecule has 1 unspecified atom stereocenters. The standard InChI is InChI=1S/C36H42F4N2O6/c1-21(2)32(42-36(15-8-9-16-47-36)19-23-13-10-12-22-11-6-7-14-24(22)23)34(45)41-27(18-29(44)48-35(3,4)5)28(43)20-46-33-30(39)25(37)17-26(38)31(33)40/h6-7,10-14,17,21,27,32,42H,8-9,15-16,18-20H2,1-5H3,(H,41,45)/t27?,32-,36-/m0/s1. The van der Waals surface area contributed by atoms with Gasteiger partial charge in [0.1, 0.15) is 24.0 Å². The topological polar surface area (TPSA) is 103 Å². The van der Waals surface area contributed by atoms with Crippen LogP contribution in [0.4, 0.5) is 17.6 Å². The van der Waals surface area contributed by atoms with E-state index < -0.39 is 83.1 Å². The molecule has 4 rings (SSSR count). The number of rotatable bonds is 13. The van der Waals surface area contributed by atoms with Gasteiger partial charge in [0.15, 0.2) is 23.2 Å². The number of nitrogens with one attached hydrogen (secondary N) is 2.